The minimum atomic E-state index is 0.198. The van der Waals surface area contributed by atoms with Gasteiger partial charge in [0.15, 0.2) is 0 Å². The quantitative estimate of drug-likeness (QED) is 0.515. The molecule has 0 nitrogen and oxygen atoms in total. The van der Waals surface area contributed by atoms with Crippen molar-refractivity contribution in [2.75, 3.05) is 0 Å². The predicted molar refractivity (Wildman–Crippen MR) is 113 cm³/mol. The first-order chi connectivity index (χ1) is 12.5. The maximum absolute atomic E-state index is 2.43. The van der Waals surface area contributed by atoms with Gasteiger partial charge in [-0.25, -0.2) is 0 Å². The summed E-state index contributed by atoms with van der Waals surface area (Å²) in [5.41, 5.74) is 10.2. The molecule has 0 bridgehead atoms. The van der Waals surface area contributed by atoms with Gasteiger partial charge in [0.05, 0.1) is 0 Å². The number of allylic oxidation sites excluding steroid dienone is 3. The molecule has 2 aromatic carbocycles. The molecule has 3 aliphatic rings. The van der Waals surface area contributed by atoms with Crippen LogP contribution in [0.2, 0.25) is 0 Å². The first-order valence-corrected chi connectivity index (χ1v) is 9.85. The van der Waals surface area contributed by atoms with Gasteiger partial charge < -0.3 is 0 Å². The first kappa shape index (κ1) is 15.9. The molecule has 0 aromatic heterocycles. The minimum Gasteiger partial charge on any atom is -0.0802 e. The normalized spacial score (nSPS) is 22.4. The van der Waals surface area contributed by atoms with Gasteiger partial charge in [0, 0.05) is 0 Å². The predicted octanol–water partition coefficient (Wildman–Crippen LogP) is 7.21. The van der Waals surface area contributed by atoms with E-state index in [0.29, 0.717) is 0 Å². The van der Waals surface area contributed by atoms with Crippen molar-refractivity contribution in [1.29, 1.82) is 0 Å². The van der Waals surface area contributed by atoms with Crippen molar-refractivity contribution in [3.05, 3.63) is 76.4 Å². The van der Waals surface area contributed by atoms with Gasteiger partial charge in [0.1, 0.15) is 0 Å². The van der Waals surface area contributed by atoms with Crippen molar-refractivity contribution >= 4 is 18.2 Å². The fourth-order valence-corrected chi connectivity index (χ4v) is 4.49. The first-order valence-electron chi connectivity index (χ1n) is 9.85. The van der Waals surface area contributed by atoms with Gasteiger partial charge in [-0.05, 0) is 75.1 Å². The number of hydrogen-bond donors (Lipinski definition) is 0. The van der Waals surface area contributed by atoms with E-state index < -0.39 is 0 Å². The van der Waals surface area contributed by atoms with Crippen LogP contribution in [0, 0.1) is 5.92 Å². The molecule has 5 rings (SSSR count). The van der Waals surface area contributed by atoms with Crippen LogP contribution in [0.5, 0.6) is 0 Å². The third-order valence-corrected chi connectivity index (χ3v) is 6.12. The maximum Gasteiger partial charge on any atom is -0.00805 e. The van der Waals surface area contributed by atoms with Gasteiger partial charge in [0.2, 0.25) is 0 Å². The molecular weight excluding hydrogens is 312 g/mol. The van der Waals surface area contributed by atoms with Crippen molar-refractivity contribution in [2.45, 2.75) is 44.9 Å². The molecule has 3 aliphatic carbocycles. The fraction of sp³-hybridized carbons (Fsp3) is 0.308. The van der Waals surface area contributed by atoms with Crippen molar-refractivity contribution in [3.8, 4) is 11.1 Å². The summed E-state index contributed by atoms with van der Waals surface area (Å²) in [4.78, 5) is 0. The highest BCUT2D eigenvalue weighted by Gasteiger charge is 2.42. The second-order valence-electron chi connectivity index (χ2n) is 8.99. The lowest BCUT2D eigenvalue weighted by Gasteiger charge is -2.22. The highest BCUT2D eigenvalue weighted by atomic mass is 14.5. The Morgan fingerprint density at radius 2 is 1.65 bits per heavy atom. The van der Waals surface area contributed by atoms with E-state index in [9.17, 15) is 0 Å². The van der Waals surface area contributed by atoms with Gasteiger partial charge in [-0.15, -0.1) is 0 Å². The molecule has 130 valence electrons. The van der Waals surface area contributed by atoms with Gasteiger partial charge in [-0.1, -0.05) is 81.5 Å². The van der Waals surface area contributed by atoms with Crippen LogP contribution in [0.4, 0.5) is 0 Å². The summed E-state index contributed by atoms with van der Waals surface area (Å²) in [6, 6.07) is 11.7. The Morgan fingerprint density at radius 3 is 2.42 bits per heavy atom. The smallest absolute Gasteiger partial charge is 0.00805 e. The highest BCUT2D eigenvalue weighted by molar-refractivity contribution is 5.86. The summed E-state index contributed by atoms with van der Waals surface area (Å²) < 4.78 is 0. The monoisotopic (exact) mass is 338 g/mol. The zero-order valence-electron chi connectivity index (χ0n) is 15.9. The Kier molecular flexibility index (Phi) is 3.41. The molecule has 0 amide bonds. The fourth-order valence-electron chi connectivity index (χ4n) is 4.49. The largest absolute Gasteiger partial charge is 0.0802 e. The Bertz CT molecular complexity index is 959. The Hall–Kier alpha value is -2.34. The van der Waals surface area contributed by atoms with Crippen molar-refractivity contribution in [1.82, 2.24) is 0 Å². The molecular formula is C26H26. The van der Waals surface area contributed by atoms with Crippen molar-refractivity contribution < 1.29 is 0 Å². The van der Waals surface area contributed by atoms with E-state index in [4.69, 9.17) is 0 Å². The van der Waals surface area contributed by atoms with E-state index in [0.717, 1.165) is 18.3 Å². The summed E-state index contributed by atoms with van der Waals surface area (Å²) in [6.45, 7) is 6.84. The maximum atomic E-state index is 2.43. The van der Waals surface area contributed by atoms with E-state index in [2.05, 4.69) is 87.6 Å². The molecule has 0 aliphatic heterocycles. The summed E-state index contributed by atoms with van der Waals surface area (Å²) >= 11 is 0. The molecule has 0 spiro atoms. The Morgan fingerprint density at radius 1 is 0.885 bits per heavy atom. The lowest BCUT2D eigenvalue weighted by Crippen LogP contribution is -2.10. The Labute approximate surface area is 157 Å². The average Bonchev–Trinajstić information content (AvgIpc) is 3.43. The van der Waals surface area contributed by atoms with Gasteiger partial charge >= 0.3 is 0 Å². The van der Waals surface area contributed by atoms with E-state index in [1.165, 1.54) is 39.8 Å². The lowest BCUT2D eigenvalue weighted by molar-refractivity contribution is 0.590. The van der Waals surface area contributed by atoms with Crippen LogP contribution >= 0.6 is 0 Å². The zero-order valence-corrected chi connectivity index (χ0v) is 15.9. The molecule has 0 N–H and O–H groups in total. The summed E-state index contributed by atoms with van der Waals surface area (Å²) in [6.07, 6.45) is 16.3. The second-order valence-corrected chi connectivity index (χ2v) is 8.99. The van der Waals surface area contributed by atoms with Crippen molar-refractivity contribution in [3.63, 3.8) is 0 Å². The SMILES string of the molecule is CC(C)(C)c1ccc(-c2cc3c(c4c2C2CC2C=C4)C=CCC=C3)cc1. The standard InChI is InChI=1S/C26H26/c1-26(2,3)20-12-9-17(10-13-20)23-15-18-7-5-4-6-8-21(18)22-14-11-19-16-24(19)25(22)23/h5-15,19,24H,4,16H2,1-3H3. The molecule has 2 atom stereocenters. The topological polar surface area (TPSA) is 0 Å². The van der Waals surface area contributed by atoms with Crippen LogP contribution in [-0.4, -0.2) is 0 Å². The van der Waals surface area contributed by atoms with E-state index in [1.807, 2.05) is 0 Å². The third kappa shape index (κ3) is 2.51. The summed E-state index contributed by atoms with van der Waals surface area (Å²) in [7, 11) is 0. The van der Waals surface area contributed by atoms with Crippen LogP contribution in [0.1, 0.15) is 67.3 Å². The molecule has 0 radical (unpaired) electrons. The van der Waals surface area contributed by atoms with E-state index in [-0.39, 0.29) is 5.41 Å². The molecule has 1 saturated carbocycles. The van der Waals surface area contributed by atoms with Crippen LogP contribution in [0.15, 0.2) is 48.6 Å². The number of benzene rings is 2. The van der Waals surface area contributed by atoms with Crippen molar-refractivity contribution in [2.24, 2.45) is 5.92 Å². The van der Waals surface area contributed by atoms with Gasteiger partial charge in [-0.3, -0.25) is 0 Å². The number of fused-ring (bicyclic) bond motifs is 5. The van der Waals surface area contributed by atoms with E-state index in [1.54, 1.807) is 5.56 Å². The van der Waals surface area contributed by atoms with Crippen LogP contribution in [0.25, 0.3) is 29.4 Å². The van der Waals surface area contributed by atoms with Crippen LogP contribution in [0.3, 0.4) is 0 Å². The van der Waals surface area contributed by atoms with Gasteiger partial charge in [0.25, 0.3) is 0 Å². The highest BCUT2D eigenvalue weighted by Crippen LogP contribution is 2.56. The molecule has 0 heteroatoms. The second kappa shape index (κ2) is 5.58. The number of rotatable bonds is 1. The summed E-state index contributed by atoms with van der Waals surface area (Å²) in [5, 5.41) is 0. The van der Waals surface area contributed by atoms with Crippen LogP contribution < -0.4 is 0 Å². The summed E-state index contributed by atoms with van der Waals surface area (Å²) in [5.74, 6) is 1.48. The van der Waals surface area contributed by atoms with Crippen LogP contribution in [-0.2, 0) is 5.41 Å². The lowest BCUT2D eigenvalue weighted by atomic mass is 9.82. The molecule has 0 heterocycles. The van der Waals surface area contributed by atoms with Gasteiger partial charge in [-0.2, -0.15) is 0 Å². The zero-order chi connectivity index (χ0) is 17.9. The molecule has 2 unspecified atom stereocenters. The third-order valence-electron chi connectivity index (χ3n) is 6.12. The molecule has 0 saturated heterocycles. The number of hydrogen-bond acceptors (Lipinski definition) is 0. The molecule has 1 fully saturated rings. The average molecular weight is 338 g/mol. The molecule has 26 heavy (non-hydrogen) atoms. The molecule has 2 aromatic rings. The van der Waals surface area contributed by atoms with E-state index >= 15 is 0 Å². The minimum absolute atomic E-state index is 0.198. The Balaban J connectivity index is 1.71.